The summed E-state index contributed by atoms with van der Waals surface area (Å²) in [6.07, 6.45) is 0. The van der Waals surface area contributed by atoms with Gasteiger partial charge in [0.15, 0.2) is 0 Å². The zero-order valence-corrected chi connectivity index (χ0v) is 10.8. The summed E-state index contributed by atoms with van der Waals surface area (Å²) in [5.41, 5.74) is 7.68. The van der Waals surface area contributed by atoms with Gasteiger partial charge >= 0.3 is 0 Å². The Labute approximate surface area is 108 Å². The molecule has 0 amide bonds. The van der Waals surface area contributed by atoms with Crippen molar-refractivity contribution in [1.82, 2.24) is 5.32 Å². The minimum atomic E-state index is -0.237. The average molecular weight is 252 g/mol. The SMILES string of the molecule is C=C(C)COCCNC(CN)c1ccc(F)cc1. The zero-order valence-electron chi connectivity index (χ0n) is 10.8. The first-order chi connectivity index (χ1) is 8.63. The van der Waals surface area contributed by atoms with Gasteiger partial charge in [0.2, 0.25) is 0 Å². The van der Waals surface area contributed by atoms with Crippen LogP contribution >= 0.6 is 0 Å². The molecule has 0 aliphatic carbocycles. The molecule has 1 aromatic carbocycles. The highest BCUT2D eigenvalue weighted by Crippen LogP contribution is 2.12. The second kappa shape index (κ2) is 7.97. The van der Waals surface area contributed by atoms with E-state index >= 15 is 0 Å². The van der Waals surface area contributed by atoms with Gasteiger partial charge in [-0.3, -0.25) is 0 Å². The Kier molecular flexibility index (Phi) is 6.57. The van der Waals surface area contributed by atoms with E-state index in [4.69, 9.17) is 10.5 Å². The molecule has 1 unspecified atom stereocenters. The van der Waals surface area contributed by atoms with Gasteiger partial charge in [0, 0.05) is 19.1 Å². The van der Waals surface area contributed by atoms with Gasteiger partial charge in [0.25, 0.3) is 0 Å². The first-order valence-electron chi connectivity index (χ1n) is 6.04. The number of nitrogens with two attached hydrogens (primary N) is 1. The molecule has 4 heteroatoms. The van der Waals surface area contributed by atoms with Crippen LogP contribution in [0.4, 0.5) is 4.39 Å². The Morgan fingerprint density at radius 1 is 1.44 bits per heavy atom. The van der Waals surface area contributed by atoms with E-state index < -0.39 is 0 Å². The van der Waals surface area contributed by atoms with Gasteiger partial charge < -0.3 is 15.8 Å². The normalized spacial score (nSPS) is 12.4. The predicted molar refractivity (Wildman–Crippen MR) is 71.8 cm³/mol. The van der Waals surface area contributed by atoms with Crippen LogP contribution in [0.3, 0.4) is 0 Å². The fourth-order valence-corrected chi connectivity index (χ4v) is 1.58. The second-order valence-electron chi connectivity index (χ2n) is 4.30. The maximum atomic E-state index is 12.8. The zero-order chi connectivity index (χ0) is 13.4. The molecule has 0 aliphatic rings. The van der Waals surface area contributed by atoms with Gasteiger partial charge in [0.1, 0.15) is 5.82 Å². The number of hydrogen-bond acceptors (Lipinski definition) is 3. The summed E-state index contributed by atoms with van der Waals surface area (Å²) in [6, 6.07) is 6.40. The molecule has 0 radical (unpaired) electrons. The summed E-state index contributed by atoms with van der Waals surface area (Å²) in [5, 5.41) is 3.28. The summed E-state index contributed by atoms with van der Waals surface area (Å²) < 4.78 is 18.2. The molecule has 18 heavy (non-hydrogen) atoms. The predicted octanol–water partition coefficient (Wildman–Crippen LogP) is 2.01. The molecule has 0 heterocycles. The lowest BCUT2D eigenvalue weighted by molar-refractivity contribution is 0.155. The lowest BCUT2D eigenvalue weighted by atomic mass is 10.1. The van der Waals surface area contributed by atoms with Crippen molar-refractivity contribution >= 4 is 0 Å². The van der Waals surface area contributed by atoms with Gasteiger partial charge in [-0.2, -0.15) is 0 Å². The molecular formula is C14H21FN2O. The van der Waals surface area contributed by atoms with Crippen molar-refractivity contribution in [1.29, 1.82) is 0 Å². The van der Waals surface area contributed by atoms with E-state index in [9.17, 15) is 4.39 Å². The molecule has 1 rings (SSSR count). The van der Waals surface area contributed by atoms with Gasteiger partial charge in [-0.25, -0.2) is 4.39 Å². The first kappa shape index (κ1) is 14.8. The molecule has 1 atom stereocenters. The number of benzene rings is 1. The lowest BCUT2D eigenvalue weighted by Crippen LogP contribution is -2.31. The summed E-state index contributed by atoms with van der Waals surface area (Å²) >= 11 is 0. The van der Waals surface area contributed by atoms with Crippen LogP contribution < -0.4 is 11.1 Å². The molecule has 1 aromatic rings. The third kappa shape index (κ3) is 5.40. The summed E-state index contributed by atoms with van der Waals surface area (Å²) in [7, 11) is 0. The third-order valence-corrected chi connectivity index (χ3v) is 2.49. The molecule has 0 spiro atoms. The number of nitrogens with one attached hydrogen (secondary N) is 1. The van der Waals surface area contributed by atoms with E-state index in [1.54, 1.807) is 12.1 Å². The summed E-state index contributed by atoms with van der Waals surface area (Å²) in [5.74, 6) is -0.237. The Morgan fingerprint density at radius 2 is 2.11 bits per heavy atom. The van der Waals surface area contributed by atoms with Gasteiger partial charge in [0.05, 0.1) is 13.2 Å². The molecule has 0 saturated heterocycles. The van der Waals surface area contributed by atoms with Crippen molar-refractivity contribution < 1.29 is 9.13 Å². The van der Waals surface area contributed by atoms with Crippen LogP contribution in [0.5, 0.6) is 0 Å². The van der Waals surface area contributed by atoms with Crippen molar-refractivity contribution in [2.75, 3.05) is 26.3 Å². The second-order valence-corrected chi connectivity index (χ2v) is 4.30. The molecule has 0 aliphatic heterocycles. The van der Waals surface area contributed by atoms with Crippen LogP contribution in [0.2, 0.25) is 0 Å². The van der Waals surface area contributed by atoms with Crippen LogP contribution in [0, 0.1) is 5.82 Å². The smallest absolute Gasteiger partial charge is 0.123 e. The quantitative estimate of drug-likeness (QED) is 0.549. The molecular weight excluding hydrogens is 231 g/mol. The standard InChI is InChI=1S/C14H21FN2O/c1-11(2)10-18-8-7-17-14(9-16)12-3-5-13(15)6-4-12/h3-6,14,17H,1,7-10,16H2,2H3. The molecule has 0 aromatic heterocycles. The number of hydrogen-bond donors (Lipinski definition) is 2. The molecule has 100 valence electrons. The van der Waals surface area contributed by atoms with Crippen LogP contribution in [-0.2, 0) is 4.74 Å². The first-order valence-corrected chi connectivity index (χ1v) is 6.04. The van der Waals surface area contributed by atoms with E-state index in [1.807, 2.05) is 6.92 Å². The molecule has 3 nitrogen and oxygen atoms in total. The summed E-state index contributed by atoms with van der Waals surface area (Å²) in [4.78, 5) is 0. The lowest BCUT2D eigenvalue weighted by Gasteiger charge is -2.17. The molecule has 0 bridgehead atoms. The Hall–Kier alpha value is -1.23. The molecule has 0 saturated carbocycles. The highest BCUT2D eigenvalue weighted by atomic mass is 19.1. The van der Waals surface area contributed by atoms with E-state index in [0.29, 0.717) is 26.3 Å². The van der Waals surface area contributed by atoms with Crippen molar-refractivity contribution in [3.8, 4) is 0 Å². The van der Waals surface area contributed by atoms with E-state index in [2.05, 4.69) is 11.9 Å². The van der Waals surface area contributed by atoms with Gasteiger partial charge in [-0.05, 0) is 24.6 Å². The van der Waals surface area contributed by atoms with E-state index in [1.165, 1.54) is 12.1 Å². The minimum absolute atomic E-state index is 0.0269. The van der Waals surface area contributed by atoms with Crippen LogP contribution in [0.15, 0.2) is 36.4 Å². The fourth-order valence-electron chi connectivity index (χ4n) is 1.58. The number of rotatable bonds is 8. The third-order valence-electron chi connectivity index (χ3n) is 2.49. The minimum Gasteiger partial charge on any atom is -0.376 e. The van der Waals surface area contributed by atoms with Crippen LogP contribution in [0.25, 0.3) is 0 Å². The van der Waals surface area contributed by atoms with E-state index in [-0.39, 0.29) is 11.9 Å². The van der Waals surface area contributed by atoms with Crippen LogP contribution in [-0.4, -0.2) is 26.3 Å². The van der Waals surface area contributed by atoms with Gasteiger partial charge in [-0.15, -0.1) is 0 Å². The van der Waals surface area contributed by atoms with Gasteiger partial charge in [-0.1, -0.05) is 24.3 Å². The van der Waals surface area contributed by atoms with Crippen molar-refractivity contribution in [2.24, 2.45) is 5.73 Å². The molecule has 3 N–H and O–H groups in total. The maximum Gasteiger partial charge on any atom is 0.123 e. The van der Waals surface area contributed by atoms with Crippen LogP contribution in [0.1, 0.15) is 18.5 Å². The highest BCUT2D eigenvalue weighted by molar-refractivity contribution is 5.20. The Morgan fingerprint density at radius 3 is 2.67 bits per heavy atom. The van der Waals surface area contributed by atoms with Crippen molar-refractivity contribution in [3.05, 3.63) is 47.8 Å². The number of halogens is 1. The Bertz CT molecular complexity index is 365. The Balaban J connectivity index is 2.33. The summed E-state index contributed by atoms with van der Waals surface area (Å²) in [6.45, 7) is 8.03. The number of ether oxygens (including phenoxy) is 1. The average Bonchev–Trinajstić information content (AvgIpc) is 2.35. The topological polar surface area (TPSA) is 47.3 Å². The molecule has 0 fully saturated rings. The van der Waals surface area contributed by atoms with Crippen molar-refractivity contribution in [2.45, 2.75) is 13.0 Å². The van der Waals surface area contributed by atoms with E-state index in [0.717, 1.165) is 11.1 Å². The fraction of sp³-hybridized carbons (Fsp3) is 0.429. The monoisotopic (exact) mass is 252 g/mol. The largest absolute Gasteiger partial charge is 0.376 e. The van der Waals surface area contributed by atoms with Crippen molar-refractivity contribution in [3.63, 3.8) is 0 Å². The highest BCUT2D eigenvalue weighted by Gasteiger charge is 2.08. The maximum absolute atomic E-state index is 12.8.